The van der Waals surface area contributed by atoms with Crippen LogP contribution in [0.4, 0.5) is 0 Å². The Labute approximate surface area is 138 Å². The van der Waals surface area contributed by atoms with Crippen LogP contribution >= 0.6 is 0 Å². The van der Waals surface area contributed by atoms with Gasteiger partial charge >= 0.3 is 0 Å². The first-order chi connectivity index (χ1) is 10.3. The lowest BCUT2D eigenvalue weighted by molar-refractivity contribution is -0.157. The van der Waals surface area contributed by atoms with E-state index in [1.54, 1.807) is 0 Å². The van der Waals surface area contributed by atoms with Gasteiger partial charge in [0.1, 0.15) is 0 Å². The maximum absolute atomic E-state index is 6.02. The molecule has 2 nitrogen and oxygen atoms in total. The van der Waals surface area contributed by atoms with Gasteiger partial charge in [-0.1, -0.05) is 59.8 Å². The quantitative estimate of drug-likeness (QED) is 0.532. The van der Waals surface area contributed by atoms with Gasteiger partial charge in [0.25, 0.3) is 0 Å². The lowest BCUT2D eigenvalue weighted by atomic mass is 9.75. The van der Waals surface area contributed by atoms with Gasteiger partial charge < -0.3 is 9.47 Å². The smallest absolute Gasteiger partial charge is 0.158 e. The number of ether oxygens (including phenoxy) is 2. The van der Waals surface area contributed by atoms with Crippen molar-refractivity contribution in [2.45, 2.75) is 80.1 Å². The molecule has 0 saturated carbocycles. The summed E-state index contributed by atoms with van der Waals surface area (Å²) in [5.41, 5.74) is 1.84. The van der Waals surface area contributed by atoms with Gasteiger partial charge in [0, 0.05) is 6.61 Å². The Kier molecular flexibility index (Phi) is 7.85. The molecule has 2 heteroatoms. The Morgan fingerprint density at radius 3 is 2.32 bits per heavy atom. The Morgan fingerprint density at radius 2 is 1.91 bits per heavy atom. The highest BCUT2D eigenvalue weighted by atomic mass is 16.7. The van der Waals surface area contributed by atoms with E-state index in [9.17, 15) is 0 Å². The largest absolute Gasteiger partial charge is 0.353 e. The van der Waals surface area contributed by atoms with E-state index in [1.165, 1.54) is 12.0 Å². The molecule has 1 aliphatic carbocycles. The van der Waals surface area contributed by atoms with Gasteiger partial charge in [-0.25, -0.2) is 0 Å². The van der Waals surface area contributed by atoms with E-state index in [1.807, 2.05) is 6.92 Å². The van der Waals surface area contributed by atoms with Crippen LogP contribution in [0.5, 0.6) is 0 Å². The van der Waals surface area contributed by atoms with E-state index < -0.39 is 0 Å². The van der Waals surface area contributed by atoms with Crippen LogP contribution in [-0.4, -0.2) is 19.0 Å². The highest BCUT2D eigenvalue weighted by Gasteiger charge is 2.25. The third-order valence-corrected chi connectivity index (χ3v) is 4.17. The summed E-state index contributed by atoms with van der Waals surface area (Å²) in [6.45, 7) is 16.5. The second-order valence-electron chi connectivity index (χ2n) is 7.88. The molecule has 0 spiro atoms. The zero-order valence-corrected chi connectivity index (χ0v) is 15.7. The lowest BCUT2D eigenvalue weighted by Gasteiger charge is -2.32. The van der Waals surface area contributed by atoms with Crippen LogP contribution in [0.25, 0.3) is 0 Å². The van der Waals surface area contributed by atoms with Crippen LogP contribution in [0, 0.1) is 17.3 Å². The van der Waals surface area contributed by atoms with Crippen LogP contribution in [-0.2, 0) is 9.47 Å². The summed E-state index contributed by atoms with van der Waals surface area (Å²) in [5.74, 6) is 1.30. The first-order valence-electron chi connectivity index (χ1n) is 8.92. The van der Waals surface area contributed by atoms with Crippen LogP contribution in [0.2, 0.25) is 0 Å². The SMILES string of the molecule is CCOC(CC)OC1C=CC(C(CC(C)(C)C)C(C)C)=CC1. The first kappa shape index (κ1) is 19.4. The van der Waals surface area contributed by atoms with Gasteiger partial charge in [-0.2, -0.15) is 0 Å². The number of hydrogen-bond acceptors (Lipinski definition) is 2. The molecule has 1 rings (SSSR count). The molecule has 0 fully saturated rings. The molecular weight excluding hydrogens is 272 g/mol. The predicted octanol–water partition coefficient (Wildman–Crippen LogP) is 5.74. The van der Waals surface area contributed by atoms with Gasteiger partial charge in [0.15, 0.2) is 6.29 Å². The van der Waals surface area contributed by atoms with E-state index in [-0.39, 0.29) is 12.4 Å². The van der Waals surface area contributed by atoms with Crippen LogP contribution < -0.4 is 0 Å². The van der Waals surface area contributed by atoms with Crippen molar-refractivity contribution in [1.29, 1.82) is 0 Å². The summed E-state index contributed by atoms with van der Waals surface area (Å²) in [5, 5.41) is 0. The predicted molar refractivity (Wildman–Crippen MR) is 94.8 cm³/mol. The summed E-state index contributed by atoms with van der Waals surface area (Å²) < 4.78 is 11.6. The standard InChI is InChI=1S/C20H36O2/c1-8-19(21-9-2)22-17-12-10-16(11-13-17)18(15(3)4)14-20(5,6)7/h10-12,15,17-19H,8-9,13-14H2,1-7H3. The maximum Gasteiger partial charge on any atom is 0.158 e. The second-order valence-corrected chi connectivity index (χ2v) is 7.88. The van der Waals surface area contributed by atoms with Gasteiger partial charge in [0.2, 0.25) is 0 Å². The molecular formula is C20H36O2. The molecule has 0 aromatic rings. The first-order valence-corrected chi connectivity index (χ1v) is 8.92. The highest BCUT2D eigenvalue weighted by molar-refractivity contribution is 5.27. The Bertz CT molecular complexity index is 374. The molecule has 0 saturated heterocycles. The summed E-state index contributed by atoms with van der Waals surface area (Å²) >= 11 is 0. The fourth-order valence-corrected chi connectivity index (χ4v) is 3.03. The Hall–Kier alpha value is -0.600. The molecule has 0 bridgehead atoms. The van der Waals surface area contributed by atoms with Crippen molar-refractivity contribution in [2.24, 2.45) is 17.3 Å². The third kappa shape index (κ3) is 6.66. The van der Waals surface area contributed by atoms with E-state index in [2.05, 4.69) is 59.8 Å². The van der Waals surface area contributed by atoms with Crippen molar-refractivity contribution >= 4 is 0 Å². The molecule has 0 heterocycles. The summed E-state index contributed by atoms with van der Waals surface area (Å²) in [6.07, 6.45) is 10.0. The fourth-order valence-electron chi connectivity index (χ4n) is 3.03. The van der Waals surface area contributed by atoms with E-state index in [0.29, 0.717) is 23.9 Å². The van der Waals surface area contributed by atoms with Crippen molar-refractivity contribution in [1.82, 2.24) is 0 Å². The van der Waals surface area contributed by atoms with Gasteiger partial charge in [-0.05, 0) is 49.0 Å². The minimum Gasteiger partial charge on any atom is -0.353 e. The van der Waals surface area contributed by atoms with Crippen LogP contribution in [0.1, 0.15) is 67.7 Å². The van der Waals surface area contributed by atoms with E-state index in [4.69, 9.17) is 9.47 Å². The topological polar surface area (TPSA) is 18.5 Å². The minimum atomic E-state index is -0.0786. The molecule has 0 aromatic carbocycles. The highest BCUT2D eigenvalue weighted by Crippen LogP contribution is 2.35. The van der Waals surface area contributed by atoms with Crippen molar-refractivity contribution in [3.8, 4) is 0 Å². The molecule has 0 N–H and O–H groups in total. The van der Waals surface area contributed by atoms with Crippen molar-refractivity contribution in [3.05, 3.63) is 23.8 Å². The monoisotopic (exact) mass is 308 g/mol. The number of allylic oxidation sites excluding steroid dienone is 2. The maximum atomic E-state index is 6.02. The van der Waals surface area contributed by atoms with Gasteiger partial charge in [0.05, 0.1) is 6.10 Å². The van der Waals surface area contributed by atoms with Crippen molar-refractivity contribution < 1.29 is 9.47 Å². The zero-order valence-electron chi connectivity index (χ0n) is 15.7. The van der Waals surface area contributed by atoms with Gasteiger partial charge in [-0.15, -0.1) is 0 Å². The second kappa shape index (κ2) is 8.88. The van der Waals surface area contributed by atoms with E-state index >= 15 is 0 Å². The number of hydrogen-bond donors (Lipinski definition) is 0. The minimum absolute atomic E-state index is 0.0786. The third-order valence-electron chi connectivity index (χ3n) is 4.17. The lowest BCUT2D eigenvalue weighted by Crippen LogP contribution is -2.25. The average Bonchev–Trinajstić information content (AvgIpc) is 2.44. The Morgan fingerprint density at radius 1 is 1.23 bits per heavy atom. The molecule has 0 radical (unpaired) electrons. The van der Waals surface area contributed by atoms with E-state index in [0.717, 1.165) is 12.8 Å². The molecule has 3 atom stereocenters. The van der Waals surface area contributed by atoms with Crippen molar-refractivity contribution in [2.75, 3.05) is 6.61 Å². The summed E-state index contributed by atoms with van der Waals surface area (Å²) in [7, 11) is 0. The molecule has 0 aliphatic heterocycles. The molecule has 0 aromatic heterocycles. The zero-order chi connectivity index (χ0) is 16.8. The normalized spacial score (nSPS) is 21.8. The number of rotatable bonds is 8. The van der Waals surface area contributed by atoms with Gasteiger partial charge in [-0.3, -0.25) is 0 Å². The Balaban J connectivity index is 2.64. The summed E-state index contributed by atoms with van der Waals surface area (Å²) in [6, 6.07) is 0. The molecule has 3 unspecified atom stereocenters. The summed E-state index contributed by atoms with van der Waals surface area (Å²) in [4.78, 5) is 0. The molecule has 1 aliphatic rings. The molecule has 128 valence electrons. The van der Waals surface area contributed by atoms with Crippen LogP contribution in [0.3, 0.4) is 0 Å². The average molecular weight is 309 g/mol. The molecule has 0 amide bonds. The van der Waals surface area contributed by atoms with Crippen LogP contribution in [0.15, 0.2) is 23.8 Å². The molecule has 22 heavy (non-hydrogen) atoms. The van der Waals surface area contributed by atoms with Crippen molar-refractivity contribution in [3.63, 3.8) is 0 Å². The fraction of sp³-hybridized carbons (Fsp3) is 0.800.